The number of aryl methyl sites for hydroxylation is 1. The molecule has 4 aliphatic heterocycles. The van der Waals surface area contributed by atoms with Crippen molar-refractivity contribution in [1.82, 2.24) is 40.7 Å². The highest BCUT2D eigenvalue weighted by Gasteiger charge is 2.35. The summed E-state index contributed by atoms with van der Waals surface area (Å²) in [5, 5.41) is 30.9. The van der Waals surface area contributed by atoms with Crippen molar-refractivity contribution < 1.29 is 42.9 Å². The number of halogens is 2. The molecule has 16 nitrogen and oxygen atoms in total. The fraction of sp³-hybridized carbons (Fsp3) is 0.551. The van der Waals surface area contributed by atoms with Crippen molar-refractivity contribution in [3.8, 4) is 23.0 Å². The molecule has 482 valence electrons. The number of allylic oxidation sites excluding steroid dienone is 1. The summed E-state index contributed by atoms with van der Waals surface area (Å²) >= 11 is 1.68. The van der Waals surface area contributed by atoms with Gasteiger partial charge in [-0.25, -0.2) is 8.78 Å². The number of benzene rings is 3. The zero-order valence-electron chi connectivity index (χ0n) is 54.2. The number of aliphatic hydroxyl groups excluding tert-OH is 1. The summed E-state index contributed by atoms with van der Waals surface area (Å²) < 4.78 is 38.4. The van der Waals surface area contributed by atoms with Gasteiger partial charge in [0.05, 0.1) is 17.5 Å². The Bertz CT molecular complexity index is 3070. The maximum absolute atomic E-state index is 17.0. The molecule has 2 bridgehead atoms. The Balaban J connectivity index is 0.000000384. The molecule has 3 unspecified atom stereocenters. The number of likely N-dealkylation sites (tertiary alicyclic amines) is 2. The predicted octanol–water partition coefficient (Wildman–Crippen LogP) is 12.8. The lowest BCUT2D eigenvalue weighted by Gasteiger charge is -2.34. The van der Waals surface area contributed by atoms with Crippen LogP contribution in [0.4, 0.5) is 14.6 Å². The molecule has 3 aromatic carbocycles. The second-order valence-corrected chi connectivity index (χ2v) is 25.4. The largest absolute Gasteiger partial charge is 0.508 e. The van der Waals surface area contributed by atoms with Crippen molar-refractivity contribution in [1.29, 1.82) is 0 Å². The van der Waals surface area contributed by atoms with Gasteiger partial charge in [-0.1, -0.05) is 121 Å². The number of ether oxygens (including phenoxy) is 1. The molecule has 2 aromatic heterocycles. The van der Waals surface area contributed by atoms with Crippen molar-refractivity contribution in [3.63, 3.8) is 0 Å². The molecular formula is C69H99F2N9O7S. The molecule has 9 rings (SSSR count). The van der Waals surface area contributed by atoms with Gasteiger partial charge in [-0.2, -0.15) is 9.97 Å². The number of aldehydes is 1. The van der Waals surface area contributed by atoms with Crippen LogP contribution in [0.5, 0.6) is 11.8 Å². The van der Waals surface area contributed by atoms with Gasteiger partial charge >= 0.3 is 6.01 Å². The second-order valence-electron chi connectivity index (χ2n) is 24.4. The summed E-state index contributed by atoms with van der Waals surface area (Å²) in [5.74, 6) is -0.468. The number of hydrogen-bond acceptors (Lipinski definition) is 14. The Kier molecular flexibility index (Phi) is 29.7. The first-order valence-corrected chi connectivity index (χ1v) is 32.5. The average Bonchev–Trinajstić information content (AvgIpc) is 2.80. The van der Waals surface area contributed by atoms with Crippen LogP contribution in [-0.2, 0) is 32.1 Å². The highest BCUT2D eigenvalue weighted by molar-refractivity contribution is 8.10. The summed E-state index contributed by atoms with van der Waals surface area (Å²) in [5.41, 5.74) is 4.60. The number of pyridine rings is 1. The molecule has 0 radical (unpaired) electrons. The number of amides is 3. The summed E-state index contributed by atoms with van der Waals surface area (Å²) in [6.07, 6.45) is 15.8. The number of aliphatic hydroxyl groups is 1. The van der Waals surface area contributed by atoms with Crippen LogP contribution in [-0.4, -0.2) is 137 Å². The summed E-state index contributed by atoms with van der Waals surface area (Å²) in [6, 6.07) is 15.0. The van der Waals surface area contributed by atoms with E-state index in [1.165, 1.54) is 45.1 Å². The molecule has 4 saturated heterocycles. The molecule has 0 saturated carbocycles. The van der Waals surface area contributed by atoms with Gasteiger partial charge in [0, 0.05) is 87.5 Å². The van der Waals surface area contributed by atoms with Crippen LogP contribution in [0.2, 0.25) is 0 Å². The normalized spacial score (nSPS) is 17.9. The van der Waals surface area contributed by atoms with Gasteiger partial charge in [-0.15, -0.1) is 0 Å². The number of fused-ring (bicyclic) bond motifs is 4. The van der Waals surface area contributed by atoms with E-state index in [0.717, 1.165) is 104 Å². The van der Waals surface area contributed by atoms with Gasteiger partial charge in [-0.05, 0) is 142 Å². The minimum Gasteiger partial charge on any atom is -0.508 e. The van der Waals surface area contributed by atoms with Crippen molar-refractivity contribution in [2.75, 3.05) is 51.8 Å². The lowest BCUT2D eigenvalue weighted by atomic mass is 9.88. The number of aromatic nitrogens is 3. The first-order chi connectivity index (χ1) is 42.3. The number of phenols is 1. The topological polar surface area (TPSA) is 202 Å². The number of rotatable bonds is 22. The smallest absolute Gasteiger partial charge is 0.319 e. The van der Waals surface area contributed by atoms with E-state index in [2.05, 4.69) is 110 Å². The highest BCUT2D eigenvalue weighted by Crippen LogP contribution is 2.40. The van der Waals surface area contributed by atoms with Gasteiger partial charge in [0.25, 0.3) is 0 Å². The fourth-order valence-corrected chi connectivity index (χ4v) is 12.1. The maximum Gasteiger partial charge on any atom is 0.319 e. The highest BCUT2D eigenvalue weighted by atomic mass is 32.2. The van der Waals surface area contributed by atoms with E-state index in [-0.39, 0.29) is 82.6 Å². The Morgan fingerprint density at radius 1 is 0.909 bits per heavy atom. The molecule has 5 N–H and O–H groups in total. The van der Waals surface area contributed by atoms with Gasteiger partial charge in [0.15, 0.2) is 5.82 Å². The van der Waals surface area contributed by atoms with Crippen molar-refractivity contribution in [2.45, 2.75) is 195 Å². The van der Waals surface area contributed by atoms with Crippen molar-refractivity contribution in [2.24, 2.45) is 5.41 Å². The molecule has 19 heteroatoms. The molecule has 3 amide bonds. The Hall–Kier alpha value is -6.54. The number of hydrogen-bond donors (Lipinski definition) is 5. The minimum atomic E-state index is -0.710. The monoisotopic (exact) mass is 1240 g/mol. The molecule has 0 aliphatic carbocycles. The first kappa shape index (κ1) is 72.2. The van der Waals surface area contributed by atoms with Crippen molar-refractivity contribution >= 4 is 68.7 Å². The Morgan fingerprint density at radius 3 is 2.17 bits per heavy atom. The van der Waals surface area contributed by atoms with Crippen LogP contribution in [0, 0.1) is 17.0 Å². The van der Waals surface area contributed by atoms with Crippen LogP contribution in [0.3, 0.4) is 0 Å². The van der Waals surface area contributed by atoms with Crippen LogP contribution in [0.25, 0.3) is 37.8 Å². The second kappa shape index (κ2) is 36.2. The molecule has 4 fully saturated rings. The third-order valence-corrected chi connectivity index (χ3v) is 17.4. The average molecular weight is 1240 g/mol. The van der Waals surface area contributed by atoms with Crippen LogP contribution < -0.4 is 25.6 Å². The summed E-state index contributed by atoms with van der Waals surface area (Å²) in [4.78, 5) is 67.0. The zero-order chi connectivity index (χ0) is 64.5. The van der Waals surface area contributed by atoms with Gasteiger partial charge in [0.1, 0.15) is 41.5 Å². The van der Waals surface area contributed by atoms with E-state index >= 15 is 8.78 Å². The maximum atomic E-state index is 17.0. The molecule has 5 aromatic rings. The minimum absolute atomic E-state index is 0.0198. The van der Waals surface area contributed by atoms with Gasteiger partial charge < -0.3 is 50.4 Å². The third kappa shape index (κ3) is 20.2. The van der Waals surface area contributed by atoms with Crippen LogP contribution in [0.15, 0.2) is 72.3 Å². The molecule has 6 heterocycles. The Labute approximate surface area is 526 Å². The standard InChI is InChI=1S/C45H59F2N7O4.C14H19NS.C6H9NO2.C3H8.CH4O/c1-6-33-36(46)19-16-28-21-32(55)22-34(39(28)33)41-40(47)42-35(23-48-41)43(53-24-29-17-18-30(25-53)50-29)52-44(51-42)58-26-31-13-12-20-54(31)38(57)15-11-9-7-8-10-14-37(56)49-27(2)45(3,4)5;1-5-16-14(11(2)3)13-8-6-12(7-9-13)10-15-4;8-4-6-2-1-3-7(6)5-9;1-3-2;1-2/h16,19,21-23,27,29-31,50,55H,6-15,17-18,20,24-26H2,1-5H3,(H,49,56);5-9,15H,1,10H2,2-4H3;4-6H,1-3H2;3H2,1-2H3;2H,1H3/t27?,29?,30?,31-;;6-;;/m0.0../s1. The number of carbonyl (C=O) groups is 4. The van der Waals surface area contributed by atoms with E-state index in [1.54, 1.807) is 30.1 Å². The SMILES string of the molecule is C=CSC(=C(C)C)c1ccc(CNC)cc1.CCC.CCc1c(F)ccc2cc(O)cc(-c3ncc4c(N5CC6CCC(C5)N6)nc(OC[C@@H]5CCCN5C(=O)CCCCCCCC(=O)NC(C)C(C)(C)C)nc4c3F)c12.CO.O=C[C@@H]1CCCN1C=O. The molecule has 88 heavy (non-hydrogen) atoms. The first-order valence-electron chi connectivity index (χ1n) is 31.6. The quantitative estimate of drug-likeness (QED) is 0.0323. The lowest BCUT2D eigenvalue weighted by Crippen LogP contribution is -2.51. The number of nitrogens with one attached hydrogen (secondary N) is 3. The van der Waals surface area contributed by atoms with Gasteiger partial charge in [0.2, 0.25) is 18.2 Å². The van der Waals surface area contributed by atoms with Gasteiger partial charge in [-0.3, -0.25) is 19.4 Å². The van der Waals surface area contributed by atoms with E-state index in [4.69, 9.17) is 14.8 Å². The molecule has 5 atom stereocenters. The molecular weight excluding hydrogens is 1140 g/mol. The number of aromatic hydroxyl groups is 1. The van der Waals surface area contributed by atoms with Crippen LogP contribution in [0.1, 0.15) is 169 Å². The summed E-state index contributed by atoms with van der Waals surface area (Å²) in [6.45, 7) is 26.4. The third-order valence-electron chi connectivity index (χ3n) is 16.4. The number of anilines is 1. The molecule has 4 aliphatic rings. The van der Waals surface area contributed by atoms with E-state index in [9.17, 15) is 24.3 Å². The van der Waals surface area contributed by atoms with Crippen LogP contribution >= 0.6 is 11.8 Å². The fourth-order valence-electron chi connectivity index (χ4n) is 11.4. The summed E-state index contributed by atoms with van der Waals surface area (Å²) in [7, 11) is 2.96. The Morgan fingerprint density at radius 2 is 1.57 bits per heavy atom. The number of piperazine rings is 1. The number of nitrogens with zero attached hydrogens (tertiary/aromatic N) is 6. The number of unbranched alkanes of at least 4 members (excludes halogenated alkanes) is 4. The van der Waals surface area contributed by atoms with Crippen molar-refractivity contribution in [3.05, 3.63) is 101 Å². The number of thioether (sulfide) groups is 1. The zero-order valence-corrected chi connectivity index (χ0v) is 55.0. The molecule has 0 spiro atoms. The number of carbonyl (C=O) groups excluding carboxylic acids is 4. The predicted molar refractivity (Wildman–Crippen MR) is 354 cm³/mol. The number of phenolic OH excluding ortho intramolecular Hbond substituents is 1. The van der Waals surface area contributed by atoms with E-state index in [1.807, 2.05) is 31.2 Å². The lowest BCUT2D eigenvalue weighted by molar-refractivity contribution is -0.132. The van der Waals surface area contributed by atoms with E-state index in [0.29, 0.717) is 66.4 Å². The van der Waals surface area contributed by atoms with E-state index < -0.39 is 11.6 Å².